The first kappa shape index (κ1) is 26.1. The number of hydrogen-bond acceptors (Lipinski definition) is 7. The summed E-state index contributed by atoms with van der Waals surface area (Å²) in [5, 5.41) is 0. The number of morpholine rings is 2. The second-order valence-corrected chi connectivity index (χ2v) is 8.36. The molecule has 2 aliphatic rings. The van der Waals surface area contributed by atoms with E-state index in [1.165, 1.54) is 22.5 Å². The predicted octanol–water partition coefficient (Wildman–Crippen LogP) is -1.31. The first-order chi connectivity index (χ1) is 16.4. The summed E-state index contributed by atoms with van der Waals surface area (Å²) in [6.45, 7) is 6.82. The average molecular weight is 489 g/mol. The maximum atomic E-state index is 8.49. The number of hydrogen-bond donors (Lipinski definition) is 0. The van der Waals surface area contributed by atoms with E-state index >= 15 is 0 Å². The lowest BCUT2D eigenvalue weighted by Crippen LogP contribution is -2.68. The predicted molar refractivity (Wildman–Crippen MR) is 117 cm³/mol. The molecule has 0 bridgehead atoms. The van der Waals surface area contributed by atoms with Crippen LogP contribution in [0.15, 0.2) is 78.9 Å². The van der Waals surface area contributed by atoms with Crippen molar-refractivity contribution in [3.8, 4) is 0 Å². The summed E-state index contributed by atoms with van der Waals surface area (Å²) in [5.74, 6) is 0. The molecule has 0 radical (unpaired) electrons. The summed E-state index contributed by atoms with van der Waals surface area (Å²) in [4.78, 5) is 2.42. The van der Waals surface area contributed by atoms with E-state index in [0.29, 0.717) is 0 Å². The van der Waals surface area contributed by atoms with Gasteiger partial charge >= 0.3 is 0 Å². The van der Waals surface area contributed by atoms with Crippen LogP contribution in [0.25, 0.3) is 5.70 Å². The zero-order chi connectivity index (χ0) is 24.2. The van der Waals surface area contributed by atoms with E-state index in [1.54, 1.807) is 0 Å². The highest BCUT2D eigenvalue weighted by atomic mass is 35.7. The Kier molecular flexibility index (Phi) is 10.2. The zero-order valence-electron chi connectivity index (χ0n) is 18.9. The van der Waals surface area contributed by atoms with E-state index in [2.05, 4.69) is 88.4 Å². The minimum atomic E-state index is -4.94. The molecule has 2 aliphatic heterocycles. The van der Waals surface area contributed by atoms with Gasteiger partial charge in [0.25, 0.3) is 0 Å². The Hall–Kier alpha value is -2.56. The van der Waals surface area contributed by atoms with Crippen molar-refractivity contribution in [2.45, 2.75) is 0 Å². The topological polar surface area (TPSA) is 117 Å². The molecular formula is C25H29ClN2O6. The van der Waals surface area contributed by atoms with Gasteiger partial charge < -0.3 is 14.4 Å². The van der Waals surface area contributed by atoms with Crippen LogP contribution < -0.4 is 18.6 Å². The quantitative estimate of drug-likeness (QED) is 0.379. The molecule has 0 saturated carbocycles. The van der Waals surface area contributed by atoms with Gasteiger partial charge in [-0.1, -0.05) is 54.6 Å². The van der Waals surface area contributed by atoms with Crippen molar-refractivity contribution in [1.82, 2.24) is 4.90 Å². The lowest BCUT2D eigenvalue weighted by molar-refractivity contribution is -2.00. The molecule has 0 aliphatic carbocycles. The smallest absolute Gasteiger partial charge is 0.207 e. The number of rotatable bonds is 5. The molecule has 4 rings (SSSR count). The van der Waals surface area contributed by atoms with Gasteiger partial charge in [0.2, 0.25) is 5.71 Å². The number of ether oxygens (including phenoxy) is 2. The van der Waals surface area contributed by atoms with Crippen LogP contribution in [0.4, 0.5) is 0 Å². The molecule has 0 aromatic heterocycles. The molecule has 0 atom stereocenters. The molecule has 0 spiro atoms. The standard InChI is InChI=1S/C25H29N2O2.ClHO4/c1-3-8-22(9-4-1)24(26-14-18-28-19-15-26)12-7-13-25(23-10-5-2-6-11-23)27-16-20-29-21-17-27;2-1(3,4)5/h1-13H,14-21H2;(H,2,3,4,5)/q+1;/p-1. The minimum Gasteiger partial charge on any atom is -0.378 e. The van der Waals surface area contributed by atoms with Gasteiger partial charge in [-0.05, 0) is 23.8 Å². The zero-order valence-corrected chi connectivity index (χ0v) is 19.6. The van der Waals surface area contributed by atoms with Crippen LogP contribution in [-0.2, 0) is 9.47 Å². The fraction of sp³-hybridized carbons (Fsp3) is 0.320. The van der Waals surface area contributed by atoms with Gasteiger partial charge in [0.15, 0.2) is 13.1 Å². The number of halogens is 1. The van der Waals surface area contributed by atoms with Gasteiger partial charge in [0.05, 0.1) is 13.2 Å². The third kappa shape index (κ3) is 9.00. The number of benzene rings is 2. The maximum absolute atomic E-state index is 8.49. The van der Waals surface area contributed by atoms with Crippen LogP contribution in [0.2, 0.25) is 0 Å². The third-order valence-corrected chi connectivity index (χ3v) is 5.35. The van der Waals surface area contributed by atoms with E-state index in [1.807, 2.05) is 0 Å². The minimum absolute atomic E-state index is 0.781. The van der Waals surface area contributed by atoms with E-state index in [9.17, 15) is 0 Å². The molecule has 0 N–H and O–H groups in total. The molecule has 2 heterocycles. The summed E-state index contributed by atoms with van der Waals surface area (Å²) in [7, 11) is -4.94. The van der Waals surface area contributed by atoms with Crippen molar-refractivity contribution in [3.05, 3.63) is 90.0 Å². The highest BCUT2D eigenvalue weighted by molar-refractivity contribution is 6.05. The number of allylic oxidation sites excluding steroid dienone is 3. The van der Waals surface area contributed by atoms with Gasteiger partial charge in [-0.3, -0.25) is 0 Å². The lowest BCUT2D eigenvalue weighted by Gasteiger charge is -2.31. The molecule has 0 amide bonds. The van der Waals surface area contributed by atoms with E-state index in [4.69, 9.17) is 28.1 Å². The fourth-order valence-electron chi connectivity index (χ4n) is 3.83. The SMILES string of the molecule is C(=C\C(c1ccccc1)=[N+]1CCOCC1)/C=C(\c1ccccc1)N1CCOCC1.[O-][Cl+3]([O-])([O-])[O-]. The van der Waals surface area contributed by atoms with E-state index in [-0.39, 0.29) is 0 Å². The van der Waals surface area contributed by atoms with Gasteiger partial charge in [0, 0.05) is 30.4 Å². The molecule has 34 heavy (non-hydrogen) atoms. The van der Waals surface area contributed by atoms with Gasteiger partial charge in [-0.15, -0.1) is 10.2 Å². The van der Waals surface area contributed by atoms with Crippen molar-refractivity contribution in [2.24, 2.45) is 0 Å². The molecule has 0 unspecified atom stereocenters. The van der Waals surface area contributed by atoms with Crippen molar-refractivity contribution < 1.29 is 42.9 Å². The van der Waals surface area contributed by atoms with Crippen LogP contribution in [0.5, 0.6) is 0 Å². The Morgan fingerprint density at radius 2 is 1.26 bits per heavy atom. The van der Waals surface area contributed by atoms with Gasteiger partial charge in [0.1, 0.15) is 13.2 Å². The first-order valence-electron chi connectivity index (χ1n) is 11.0. The highest BCUT2D eigenvalue weighted by Crippen LogP contribution is 2.20. The molecule has 2 saturated heterocycles. The third-order valence-electron chi connectivity index (χ3n) is 5.35. The second-order valence-electron chi connectivity index (χ2n) is 7.61. The van der Waals surface area contributed by atoms with Crippen LogP contribution >= 0.6 is 0 Å². The van der Waals surface area contributed by atoms with E-state index in [0.717, 1.165) is 52.6 Å². The Morgan fingerprint density at radius 1 is 0.765 bits per heavy atom. The molecule has 2 fully saturated rings. The van der Waals surface area contributed by atoms with Crippen molar-refractivity contribution in [2.75, 3.05) is 52.6 Å². The molecular weight excluding hydrogens is 460 g/mol. The van der Waals surface area contributed by atoms with E-state index < -0.39 is 10.2 Å². The van der Waals surface area contributed by atoms with Crippen LogP contribution in [0.3, 0.4) is 0 Å². The van der Waals surface area contributed by atoms with Gasteiger partial charge in [-0.2, -0.15) is 0 Å². The van der Waals surface area contributed by atoms with Crippen molar-refractivity contribution in [1.29, 1.82) is 0 Å². The maximum Gasteiger partial charge on any atom is 0.207 e. The Balaban J connectivity index is 0.000000588. The average Bonchev–Trinajstić information content (AvgIpc) is 2.85. The largest absolute Gasteiger partial charge is 0.378 e. The van der Waals surface area contributed by atoms with Crippen molar-refractivity contribution in [3.63, 3.8) is 0 Å². The molecule has 9 heteroatoms. The highest BCUT2D eigenvalue weighted by Gasteiger charge is 2.18. The Morgan fingerprint density at radius 3 is 1.82 bits per heavy atom. The Bertz CT molecular complexity index is 954. The summed E-state index contributed by atoms with van der Waals surface area (Å²) >= 11 is 0. The van der Waals surface area contributed by atoms with Gasteiger partial charge in [-0.25, -0.2) is 23.2 Å². The summed E-state index contributed by atoms with van der Waals surface area (Å²) < 4.78 is 47.5. The second kappa shape index (κ2) is 13.4. The molecule has 2 aromatic rings. The molecule has 182 valence electrons. The summed E-state index contributed by atoms with van der Waals surface area (Å²) in [6, 6.07) is 21.2. The monoisotopic (exact) mass is 488 g/mol. The van der Waals surface area contributed by atoms with Crippen LogP contribution in [-0.4, -0.2) is 67.8 Å². The molecule has 8 nitrogen and oxygen atoms in total. The molecule has 2 aromatic carbocycles. The normalized spacial score (nSPS) is 17.4. The lowest BCUT2D eigenvalue weighted by atomic mass is 10.1. The summed E-state index contributed by atoms with van der Waals surface area (Å²) in [5.41, 5.74) is 4.98. The number of nitrogens with zero attached hydrogens (tertiary/aromatic N) is 2. The summed E-state index contributed by atoms with van der Waals surface area (Å²) in [6.07, 6.45) is 6.67. The van der Waals surface area contributed by atoms with Crippen LogP contribution in [0.1, 0.15) is 11.1 Å². The van der Waals surface area contributed by atoms with Crippen molar-refractivity contribution >= 4 is 11.4 Å². The Labute approximate surface area is 202 Å². The first-order valence-corrected chi connectivity index (χ1v) is 12.3. The fourth-order valence-corrected chi connectivity index (χ4v) is 3.83. The van der Waals surface area contributed by atoms with Crippen LogP contribution in [0, 0.1) is 10.2 Å².